The summed E-state index contributed by atoms with van der Waals surface area (Å²) in [6.45, 7) is 4.52. The lowest BCUT2D eigenvalue weighted by atomic mass is 10.1. The molecule has 2 amide bonds. The largest absolute Gasteiger partial charge is 0.494 e. The molecule has 0 bridgehead atoms. The van der Waals surface area contributed by atoms with E-state index >= 15 is 0 Å². The zero-order valence-electron chi connectivity index (χ0n) is 9.36. The number of benzene rings is 1. The van der Waals surface area contributed by atoms with Crippen molar-refractivity contribution in [2.24, 2.45) is 10.8 Å². The van der Waals surface area contributed by atoms with Crippen LogP contribution in [0.2, 0.25) is 0 Å². The molecule has 0 aliphatic rings. The lowest BCUT2D eigenvalue weighted by Gasteiger charge is -2.06. The van der Waals surface area contributed by atoms with E-state index in [9.17, 15) is 4.79 Å². The van der Waals surface area contributed by atoms with E-state index in [-0.39, 0.29) is 0 Å². The van der Waals surface area contributed by atoms with Gasteiger partial charge < -0.3 is 10.5 Å². The predicted molar refractivity (Wildman–Crippen MR) is 62.7 cm³/mol. The number of carbonyl (C=O) groups is 1. The van der Waals surface area contributed by atoms with Crippen molar-refractivity contribution in [1.29, 1.82) is 0 Å². The van der Waals surface area contributed by atoms with Crippen LogP contribution in [0.25, 0.3) is 0 Å². The molecule has 0 unspecified atom stereocenters. The highest BCUT2D eigenvalue weighted by molar-refractivity contribution is 5.82. The first-order valence-electron chi connectivity index (χ1n) is 4.95. The number of rotatable bonds is 4. The van der Waals surface area contributed by atoms with Gasteiger partial charge in [0.05, 0.1) is 12.8 Å². The zero-order valence-corrected chi connectivity index (χ0v) is 9.36. The van der Waals surface area contributed by atoms with E-state index < -0.39 is 6.03 Å². The maximum absolute atomic E-state index is 10.4. The van der Waals surface area contributed by atoms with Crippen molar-refractivity contribution in [1.82, 2.24) is 5.43 Å². The van der Waals surface area contributed by atoms with E-state index in [4.69, 9.17) is 10.5 Å². The number of nitrogens with zero attached hydrogens (tertiary/aromatic N) is 1. The van der Waals surface area contributed by atoms with Crippen molar-refractivity contribution < 1.29 is 9.53 Å². The molecule has 0 saturated heterocycles. The second-order valence-corrected chi connectivity index (χ2v) is 3.19. The minimum absolute atomic E-state index is 0.636. The number of aryl methyl sites for hydroxylation is 1. The van der Waals surface area contributed by atoms with Crippen LogP contribution in [-0.2, 0) is 0 Å². The van der Waals surface area contributed by atoms with E-state index in [0.29, 0.717) is 6.61 Å². The average Bonchev–Trinajstić information content (AvgIpc) is 2.21. The molecule has 16 heavy (non-hydrogen) atoms. The fourth-order valence-corrected chi connectivity index (χ4v) is 1.24. The highest BCUT2D eigenvalue weighted by atomic mass is 16.5. The molecular weight excluding hydrogens is 206 g/mol. The Balaban J connectivity index is 2.73. The van der Waals surface area contributed by atoms with Gasteiger partial charge in [0.2, 0.25) is 0 Å². The van der Waals surface area contributed by atoms with Gasteiger partial charge in [0, 0.05) is 0 Å². The van der Waals surface area contributed by atoms with Crippen LogP contribution in [0, 0.1) is 6.92 Å². The third-order valence-corrected chi connectivity index (χ3v) is 1.89. The summed E-state index contributed by atoms with van der Waals surface area (Å²) >= 11 is 0. The van der Waals surface area contributed by atoms with Crippen molar-refractivity contribution in [2.75, 3.05) is 6.61 Å². The van der Waals surface area contributed by atoms with Crippen molar-refractivity contribution >= 4 is 12.2 Å². The third kappa shape index (κ3) is 3.61. The molecule has 1 aromatic carbocycles. The van der Waals surface area contributed by atoms with Gasteiger partial charge in [-0.25, -0.2) is 10.2 Å². The molecule has 0 heterocycles. The van der Waals surface area contributed by atoms with Gasteiger partial charge in [-0.1, -0.05) is 0 Å². The number of hydrazone groups is 1. The molecule has 0 radical (unpaired) electrons. The normalized spacial score (nSPS) is 10.4. The summed E-state index contributed by atoms with van der Waals surface area (Å²) < 4.78 is 5.40. The Kier molecular flexibility index (Phi) is 4.32. The molecule has 0 atom stereocenters. The smallest absolute Gasteiger partial charge is 0.332 e. The van der Waals surface area contributed by atoms with Crippen LogP contribution >= 0.6 is 0 Å². The fraction of sp³-hybridized carbons (Fsp3) is 0.273. The third-order valence-electron chi connectivity index (χ3n) is 1.89. The number of nitrogens with two attached hydrogens (primary N) is 1. The predicted octanol–water partition coefficient (Wildman–Crippen LogP) is 1.40. The molecule has 3 N–H and O–H groups in total. The number of carbonyl (C=O) groups excluding carboxylic acids is 1. The number of urea groups is 1. The molecule has 0 aliphatic heterocycles. The average molecular weight is 221 g/mol. The van der Waals surface area contributed by atoms with Crippen molar-refractivity contribution in [3.63, 3.8) is 0 Å². The van der Waals surface area contributed by atoms with Gasteiger partial charge in [-0.2, -0.15) is 5.10 Å². The molecule has 86 valence electrons. The summed E-state index contributed by atoms with van der Waals surface area (Å²) in [5, 5.41) is 3.67. The molecule has 0 fully saturated rings. The van der Waals surface area contributed by atoms with E-state index in [2.05, 4.69) is 10.5 Å². The summed E-state index contributed by atoms with van der Waals surface area (Å²) in [6.07, 6.45) is 1.52. The number of amides is 2. The molecule has 5 nitrogen and oxygen atoms in total. The number of hydrogen-bond acceptors (Lipinski definition) is 3. The lowest BCUT2D eigenvalue weighted by Crippen LogP contribution is -2.24. The fourth-order valence-electron chi connectivity index (χ4n) is 1.24. The SMILES string of the molecule is CCOc1ccc(C=NNC(N)=O)cc1C. The highest BCUT2D eigenvalue weighted by Crippen LogP contribution is 2.18. The standard InChI is InChI=1S/C11H15N3O2/c1-3-16-10-5-4-9(6-8(10)2)7-13-14-11(12)15/h4-7H,3H2,1-2H3,(H3,12,14,15). The molecule has 0 saturated carbocycles. The van der Waals surface area contributed by atoms with E-state index in [0.717, 1.165) is 16.9 Å². The van der Waals surface area contributed by atoms with Crippen LogP contribution in [0.3, 0.4) is 0 Å². The first kappa shape index (κ1) is 12.0. The molecular formula is C11H15N3O2. The second kappa shape index (κ2) is 5.75. The quantitative estimate of drug-likeness (QED) is 0.595. The van der Waals surface area contributed by atoms with E-state index in [1.165, 1.54) is 6.21 Å². The van der Waals surface area contributed by atoms with E-state index in [1.807, 2.05) is 32.0 Å². The Morgan fingerprint density at radius 1 is 1.62 bits per heavy atom. The number of ether oxygens (including phenoxy) is 1. The van der Waals surface area contributed by atoms with E-state index in [1.54, 1.807) is 0 Å². The Hall–Kier alpha value is -2.04. The van der Waals surface area contributed by atoms with Gasteiger partial charge in [-0.15, -0.1) is 0 Å². The van der Waals surface area contributed by atoms with Crippen LogP contribution in [-0.4, -0.2) is 18.9 Å². The number of hydrogen-bond donors (Lipinski definition) is 2. The van der Waals surface area contributed by atoms with Crippen molar-refractivity contribution in [3.05, 3.63) is 29.3 Å². The van der Waals surface area contributed by atoms with Crippen molar-refractivity contribution in [3.8, 4) is 5.75 Å². The summed E-state index contributed by atoms with van der Waals surface area (Å²) in [6, 6.07) is 4.95. The van der Waals surface area contributed by atoms with Gasteiger partial charge in [0.25, 0.3) is 0 Å². The maximum Gasteiger partial charge on any atom is 0.332 e. The number of nitrogens with one attached hydrogen (secondary N) is 1. The second-order valence-electron chi connectivity index (χ2n) is 3.19. The molecule has 0 aliphatic carbocycles. The van der Waals surface area contributed by atoms with Crippen LogP contribution in [0.5, 0.6) is 5.75 Å². The molecule has 0 aromatic heterocycles. The van der Waals surface area contributed by atoms with Gasteiger partial charge in [0.15, 0.2) is 0 Å². The summed E-state index contributed by atoms with van der Waals surface area (Å²) in [5.74, 6) is 0.850. The lowest BCUT2D eigenvalue weighted by molar-refractivity contribution is 0.249. The molecule has 0 spiro atoms. The Labute approximate surface area is 94.3 Å². The van der Waals surface area contributed by atoms with Gasteiger partial charge >= 0.3 is 6.03 Å². The van der Waals surface area contributed by atoms with Crippen LogP contribution in [0.1, 0.15) is 18.1 Å². The topological polar surface area (TPSA) is 76.7 Å². The monoisotopic (exact) mass is 221 g/mol. The number of primary amides is 1. The van der Waals surface area contributed by atoms with Crippen LogP contribution < -0.4 is 15.9 Å². The van der Waals surface area contributed by atoms with Gasteiger partial charge in [0.1, 0.15) is 5.75 Å². The first-order chi connectivity index (χ1) is 7.63. The minimum Gasteiger partial charge on any atom is -0.494 e. The molecule has 1 aromatic rings. The van der Waals surface area contributed by atoms with Crippen LogP contribution in [0.15, 0.2) is 23.3 Å². The highest BCUT2D eigenvalue weighted by Gasteiger charge is 1.98. The Morgan fingerprint density at radius 2 is 2.38 bits per heavy atom. The Bertz CT molecular complexity index is 402. The summed E-state index contributed by atoms with van der Waals surface area (Å²) in [7, 11) is 0. The van der Waals surface area contributed by atoms with Gasteiger partial charge in [-0.3, -0.25) is 0 Å². The van der Waals surface area contributed by atoms with Gasteiger partial charge in [-0.05, 0) is 43.2 Å². The Morgan fingerprint density at radius 3 is 2.94 bits per heavy atom. The summed E-state index contributed by atoms with van der Waals surface area (Å²) in [4.78, 5) is 10.4. The van der Waals surface area contributed by atoms with Crippen LogP contribution in [0.4, 0.5) is 4.79 Å². The zero-order chi connectivity index (χ0) is 12.0. The maximum atomic E-state index is 10.4. The van der Waals surface area contributed by atoms with Crippen molar-refractivity contribution in [2.45, 2.75) is 13.8 Å². The summed E-state index contributed by atoms with van der Waals surface area (Å²) in [5.41, 5.74) is 8.89. The first-order valence-corrected chi connectivity index (χ1v) is 4.95. The molecule has 1 rings (SSSR count). The minimum atomic E-state index is -0.682. The molecule has 5 heteroatoms.